The number of likely N-dealkylation sites (tertiary alicyclic amines) is 1. The van der Waals surface area contributed by atoms with Crippen LogP contribution in [-0.2, 0) is 10.0 Å². The Morgan fingerprint density at radius 2 is 2.04 bits per heavy atom. The van der Waals surface area contributed by atoms with Crippen LogP contribution in [0.2, 0.25) is 0 Å². The Labute approximate surface area is 155 Å². The van der Waals surface area contributed by atoms with Crippen LogP contribution >= 0.6 is 12.4 Å². The molecule has 0 aromatic heterocycles. The van der Waals surface area contributed by atoms with E-state index in [0.717, 1.165) is 10.7 Å². The lowest BCUT2D eigenvalue weighted by molar-refractivity contribution is 0.0776. The maximum atomic E-state index is 12.7. The van der Waals surface area contributed by atoms with Crippen molar-refractivity contribution in [1.29, 1.82) is 0 Å². The van der Waals surface area contributed by atoms with Crippen molar-refractivity contribution in [2.45, 2.75) is 18.2 Å². The van der Waals surface area contributed by atoms with Crippen LogP contribution in [0.25, 0.3) is 0 Å². The first-order valence-electron chi connectivity index (χ1n) is 7.74. The van der Waals surface area contributed by atoms with Gasteiger partial charge in [-0.05, 0) is 36.6 Å². The largest absolute Gasteiger partial charge is 0.495 e. The molecule has 1 unspecified atom stereocenters. The number of rotatable bonds is 5. The topological polar surface area (TPSA) is 92.9 Å². The molecular weight excluding hydrogens is 366 g/mol. The number of hydrogen-bond acceptors (Lipinski definition) is 5. The van der Waals surface area contributed by atoms with E-state index in [1.54, 1.807) is 11.0 Å². The highest BCUT2D eigenvalue weighted by Crippen LogP contribution is 2.31. The summed E-state index contributed by atoms with van der Waals surface area (Å²) in [7, 11) is 0.574. The Morgan fingerprint density at radius 3 is 2.52 bits per heavy atom. The fourth-order valence-electron chi connectivity index (χ4n) is 2.75. The van der Waals surface area contributed by atoms with Crippen LogP contribution in [0.5, 0.6) is 5.75 Å². The molecule has 1 aromatic carbocycles. The van der Waals surface area contributed by atoms with Gasteiger partial charge in [-0.25, -0.2) is 12.7 Å². The summed E-state index contributed by atoms with van der Waals surface area (Å²) in [5.41, 5.74) is 6.03. The molecule has 1 fully saturated rings. The van der Waals surface area contributed by atoms with E-state index < -0.39 is 10.0 Å². The molecule has 0 bridgehead atoms. The van der Waals surface area contributed by atoms with Gasteiger partial charge in [-0.3, -0.25) is 4.79 Å². The molecule has 0 spiro atoms. The molecule has 1 aliphatic rings. The minimum absolute atomic E-state index is 0. The van der Waals surface area contributed by atoms with Crippen molar-refractivity contribution < 1.29 is 17.9 Å². The first-order valence-corrected chi connectivity index (χ1v) is 9.18. The van der Waals surface area contributed by atoms with Crippen molar-refractivity contribution >= 4 is 28.3 Å². The Balaban J connectivity index is 0.00000312. The zero-order valence-electron chi connectivity index (χ0n) is 15.0. The van der Waals surface area contributed by atoms with Crippen molar-refractivity contribution in [3.05, 3.63) is 23.8 Å². The third kappa shape index (κ3) is 4.25. The number of halogens is 1. The van der Waals surface area contributed by atoms with E-state index in [1.165, 1.54) is 33.3 Å². The maximum absolute atomic E-state index is 12.7. The second kappa shape index (κ2) is 7.90. The second-order valence-corrected chi connectivity index (χ2v) is 8.76. The van der Waals surface area contributed by atoms with Crippen LogP contribution in [0.3, 0.4) is 0 Å². The molecule has 142 valence electrons. The lowest BCUT2D eigenvalue weighted by atomic mass is 9.90. The molecule has 0 aliphatic carbocycles. The quantitative estimate of drug-likeness (QED) is 0.813. The molecule has 9 heteroatoms. The molecule has 1 heterocycles. The molecule has 25 heavy (non-hydrogen) atoms. The summed E-state index contributed by atoms with van der Waals surface area (Å²) in [6.07, 6.45) is 0.842. The standard InChI is InChI=1S/C16H25N3O4S.ClH/c1-16(10-17)7-8-19(11-16)15(20)12-5-6-13(23-4)14(9-12)24(21,22)18(2)3;/h5-6,9H,7-8,10-11,17H2,1-4H3;1H. The van der Waals surface area contributed by atoms with E-state index in [1.807, 2.05) is 0 Å². The smallest absolute Gasteiger partial charge is 0.253 e. The van der Waals surface area contributed by atoms with Gasteiger partial charge >= 0.3 is 0 Å². The van der Waals surface area contributed by atoms with Gasteiger partial charge in [-0.2, -0.15) is 0 Å². The highest BCUT2D eigenvalue weighted by Gasteiger charge is 2.35. The number of methoxy groups -OCH3 is 1. The average Bonchev–Trinajstić information content (AvgIpc) is 2.96. The molecule has 0 radical (unpaired) electrons. The minimum Gasteiger partial charge on any atom is -0.495 e. The van der Waals surface area contributed by atoms with Gasteiger partial charge in [-0.15, -0.1) is 12.4 Å². The third-order valence-corrected chi connectivity index (χ3v) is 6.34. The molecule has 1 saturated heterocycles. The molecule has 0 saturated carbocycles. The first-order chi connectivity index (χ1) is 11.1. The van der Waals surface area contributed by atoms with Crippen LogP contribution < -0.4 is 10.5 Å². The first kappa shape index (κ1) is 21.7. The summed E-state index contributed by atoms with van der Waals surface area (Å²) >= 11 is 0. The summed E-state index contributed by atoms with van der Waals surface area (Å²) in [5.74, 6) is 0.0264. The van der Waals surface area contributed by atoms with Crippen molar-refractivity contribution in [3.8, 4) is 5.75 Å². The van der Waals surface area contributed by atoms with Crippen molar-refractivity contribution in [2.75, 3.05) is 40.8 Å². The summed E-state index contributed by atoms with van der Waals surface area (Å²) in [5, 5.41) is 0. The summed E-state index contributed by atoms with van der Waals surface area (Å²) in [6.45, 7) is 3.76. The lowest BCUT2D eigenvalue weighted by Gasteiger charge is -2.23. The van der Waals surface area contributed by atoms with E-state index >= 15 is 0 Å². The molecule has 2 rings (SSSR count). The van der Waals surface area contributed by atoms with Crippen LogP contribution in [-0.4, -0.2) is 64.4 Å². The molecule has 7 nitrogen and oxygen atoms in total. The number of carbonyl (C=O) groups excluding carboxylic acids is 1. The molecule has 2 N–H and O–H groups in total. The van der Waals surface area contributed by atoms with Gasteiger partial charge in [0, 0.05) is 32.7 Å². The van der Waals surface area contributed by atoms with Crippen LogP contribution in [0.15, 0.2) is 23.1 Å². The number of sulfonamides is 1. The van der Waals surface area contributed by atoms with Crippen LogP contribution in [0.4, 0.5) is 0 Å². The van der Waals surface area contributed by atoms with Gasteiger partial charge in [0.05, 0.1) is 7.11 Å². The SMILES string of the molecule is COc1ccc(C(=O)N2CCC(C)(CN)C2)cc1S(=O)(=O)N(C)C.Cl. The predicted molar refractivity (Wildman–Crippen MR) is 98.8 cm³/mol. The van der Waals surface area contributed by atoms with Gasteiger partial charge < -0.3 is 15.4 Å². The van der Waals surface area contributed by atoms with Crippen molar-refractivity contribution in [1.82, 2.24) is 9.21 Å². The van der Waals surface area contributed by atoms with E-state index in [2.05, 4.69) is 6.92 Å². The number of hydrogen-bond donors (Lipinski definition) is 1. The molecule has 1 aromatic rings. The maximum Gasteiger partial charge on any atom is 0.253 e. The molecule has 1 aliphatic heterocycles. The summed E-state index contributed by atoms with van der Waals surface area (Å²) < 4.78 is 31.2. The van der Waals surface area contributed by atoms with E-state index in [-0.39, 0.29) is 34.4 Å². The van der Waals surface area contributed by atoms with E-state index in [4.69, 9.17) is 10.5 Å². The van der Waals surface area contributed by atoms with Gasteiger partial charge in [0.2, 0.25) is 10.0 Å². The van der Waals surface area contributed by atoms with Gasteiger partial charge in [0.25, 0.3) is 5.91 Å². The van der Waals surface area contributed by atoms with Crippen molar-refractivity contribution in [3.63, 3.8) is 0 Å². The monoisotopic (exact) mass is 391 g/mol. The zero-order valence-corrected chi connectivity index (χ0v) is 16.6. The predicted octanol–water partition coefficient (Wildman–Crippen LogP) is 1.18. The Kier molecular flexibility index (Phi) is 6.86. The van der Waals surface area contributed by atoms with E-state index in [9.17, 15) is 13.2 Å². The third-order valence-electron chi connectivity index (χ3n) is 4.51. The minimum atomic E-state index is -3.71. The summed E-state index contributed by atoms with van der Waals surface area (Å²) in [4.78, 5) is 14.4. The number of amides is 1. The number of nitrogens with two attached hydrogens (primary N) is 1. The van der Waals surface area contributed by atoms with Gasteiger partial charge in [0.1, 0.15) is 10.6 Å². The Morgan fingerprint density at radius 1 is 1.40 bits per heavy atom. The fourth-order valence-corrected chi connectivity index (χ4v) is 3.83. The normalized spacial score (nSPS) is 20.5. The Hall–Kier alpha value is -1.35. The second-order valence-electron chi connectivity index (χ2n) is 6.64. The van der Waals surface area contributed by atoms with E-state index in [0.29, 0.717) is 25.2 Å². The molecule has 1 amide bonds. The number of nitrogens with zero attached hydrogens (tertiary/aromatic N) is 2. The fraction of sp³-hybridized carbons (Fsp3) is 0.562. The van der Waals surface area contributed by atoms with Crippen LogP contribution in [0, 0.1) is 5.41 Å². The number of carbonyl (C=O) groups is 1. The summed E-state index contributed by atoms with van der Waals surface area (Å²) in [6, 6.07) is 4.49. The average molecular weight is 392 g/mol. The van der Waals surface area contributed by atoms with Crippen LogP contribution in [0.1, 0.15) is 23.7 Å². The Bertz CT molecular complexity index is 739. The number of ether oxygens (including phenoxy) is 1. The zero-order chi connectivity index (χ0) is 18.1. The highest BCUT2D eigenvalue weighted by molar-refractivity contribution is 7.89. The molecule has 1 atom stereocenters. The van der Waals surface area contributed by atoms with Gasteiger partial charge in [0.15, 0.2) is 0 Å². The van der Waals surface area contributed by atoms with Crippen molar-refractivity contribution in [2.24, 2.45) is 11.1 Å². The van der Waals surface area contributed by atoms with Gasteiger partial charge in [-0.1, -0.05) is 6.92 Å². The number of benzene rings is 1. The highest BCUT2D eigenvalue weighted by atomic mass is 35.5. The lowest BCUT2D eigenvalue weighted by Crippen LogP contribution is -2.34. The molecular formula is C16H26ClN3O4S.